The third-order valence-corrected chi connectivity index (χ3v) is 2.53. The van der Waals surface area contributed by atoms with Crippen molar-refractivity contribution in [2.45, 2.75) is 25.9 Å². The van der Waals surface area contributed by atoms with Gasteiger partial charge >= 0.3 is 0 Å². The first-order valence-electron chi connectivity index (χ1n) is 5.44. The van der Waals surface area contributed by atoms with E-state index in [1.807, 2.05) is 12.1 Å². The summed E-state index contributed by atoms with van der Waals surface area (Å²) in [5.41, 5.74) is 2.41. The summed E-state index contributed by atoms with van der Waals surface area (Å²) in [4.78, 5) is 0. The third-order valence-electron chi connectivity index (χ3n) is 2.53. The molecule has 0 radical (unpaired) electrons. The van der Waals surface area contributed by atoms with Gasteiger partial charge < -0.3 is 15.2 Å². The van der Waals surface area contributed by atoms with Crippen molar-refractivity contribution in [1.29, 1.82) is 0 Å². The van der Waals surface area contributed by atoms with E-state index in [1.54, 1.807) is 6.92 Å². The molecule has 0 aromatic heterocycles. The summed E-state index contributed by atoms with van der Waals surface area (Å²) in [7, 11) is 0. The van der Waals surface area contributed by atoms with Gasteiger partial charge in [-0.05, 0) is 31.9 Å². The number of aliphatic hydroxyl groups excluding tert-OH is 1. The normalized spacial score (nSPS) is 16.4. The fourth-order valence-corrected chi connectivity index (χ4v) is 1.82. The minimum absolute atomic E-state index is 0.358. The van der Waals surface area contributed by atoms with Crippen LogP contribution in [0.1, 0.15) is 18.9 Å². The Balaban J connectivity index is 2.16. The molecule has 1 aliphatic heterocycles. The van der Waals surface area contributed by atoms with Gasteiger partial charge in [-0.3, -0.25) is 0 Å². The second-order valence-electron chi connectivity index (χ2n) is 3.97. The Kier molecular flexibility index (Phi) is 3.11. The Morgan fingerprint density at radius 2 is 2.40 bits per heavy atom. The van der Waals surface area contributed by atoms with E-state index in [2.05, 4.69) is 11.4 Å². The lowest BCUT2D eigenvalue weighted by molar-refractivity contribution is 0.122. The van der Waals surface area contributed by atoms with Crippen molar-refractivity contribution in [2.24, 2.45) is 0 Å². The topological polar surface area (TPSA) is 41.5 Å². The quantitative estimate of drug-likeness (QED) is 0.794. The molecular weight excluding hydrogens is 190 g/mol. The first kappa shape index (κ1) is 10.3. The molecule has 0 amide bonds. The van der Waals surface area contributed by atoms with Gasteiger partial charge in [-0.15, -0.1) is 0 Å². The van der Waals surface area contributed by atoms with Crippen molar-refractivity contribution in [3.63, 3.8) is 0 Å². The van der Waals surface area contributed by atoms with Crippen LogP contribution in [0.4, 0.5) is 5.69 Å². The monoisotopic (exact) mass is 207 g/mol. The van der Waals surface area contributed by atoms with Crippen LogP contribution in [0.25, 0.3) is 0 Å². The van der Waals surface area contributed by atoms with Crippen molar-refractivity contribution >= 4 is 5.69 Å². The van der Waals surface area contributed by atoms with Crippen LogP contribution in [-0.4, -0.2) is 24.4 Å². The van der Waals surface area contributed by atoms with Crippen molar-refractivity contribution in [3.8, 4) is 5.75 Å². The van der Waals surface area contributed by atoms with Gasteiger partial charge in [0, 0.05) is 17.8 Å². The molecule has 1 atom stereocenters. The predicted octanol–water partition coefficient (Wildman–Crippen LogP) is 1.80. The number of ether oxygens (including phenoxy) is 1. The standard InChI is InChI=1S/C12H17NO2/c1-9(14)8-15-12-6-2-5-11-10(12)4-3-7-13-11/h2,5-6,9,13-14H,3-4,7-8H2,1H3. The van der Waals surface area contributed by atoms with Crippen LogP contribution < -0.4 is 10.1 Å². The van der Waals surface area contributed by atoms with Crippen molar-refractivity contribution in [1.82, 2.24) is 0 Å². The van der Waals surface area contributed by atoms with Gasteiger partial charge in [-0.2, -0.15) is 0 Å². The number of fused-ring (bicyclic) bond motifs is 1. The summed E-state index contributed by atoms with van der Waals surface area (Å²) in [6.45, 7) is 3.12. The zero-order valence-electron chi connectivity index (χ0n) is 8.99. The third kappa shape index (κ3) is 2.42. The average molecular weight is 207 g/mol. The number of benzene rings is 1. The highest BCUT2D eigenvalue weighted by Gasteiger charge is 2.13. The highest BCUT2D eigenvalue weighted by Crippen LogP contribution is 2.30. The zero-order valence-corrected chi connectivity index (χ0v) is 8.99. The Morgan fingerprint density at radius 3 is 3.20 bits per heavy atom. The molecule has 3 nitrogen and oxygen atoms in total. The van der Waals surface area contributed by atoms with Crippen LogP contribution in [0, 0.1) is 0 Å². The molecule has 1 heterocycles. The second kappa shape index (κ2) is 4.53. The van der Waals surface area contributed by atoms with Crippen molar-refractivity contribution < 1.29 is 9.84 Å². The number of aliphatic hydroxyl groups is 1. The number of anilines is 1. The summed E-state index contributed by atoms with van der Waals surface area (Å²) in [5.74, 6) is 0.903. The van der Waals surface area contributed by atoms with E-state index in [4.69, 9.17) is 4.74 Å². The number of hydrogen-bond acceptors (Lipinski definition) is 3. The van der Waals surface area contributed by atoms with Crippen molar-refractivity contribution in [2.75, 3.05) is 18.5 Å². The van der Waals surface area contributed by atoms with E-state index in [0.29, 0.717) is 6.61 Å². The summed E-state index contributed by atoms with van der Waals surface area (Å²) >= 11 is 0. The lowest BCUT2D eigenvalue weighted by atomic mass is 10.0. The fraction of sp³-hybridized carbons (Fsp3) is 0.500. The Hall–Kier alpha value is -1.22. The molecular formula is C12H17NO2. The lowest BCUT2D eigenvalue weighted by Crippen LogP contribution is -2.16. The van der Waals surface area contributed by atoms with Gasteiger partial charge in [0.2, 0.25) is 0 Å². The molecule has 1 aliphatic rings. The van der Waals surface area contributed by atoms with Crippen molar-refractivity contribution in [3.05, 3.63) is 23.8 Å². The summed E-state index contributed by atoms with van der Waals surface area (Å²) < 4.78 is 5.58. The maximum absolute atomic E-state index is 9.18. The van der Waals surface area contributed by atoms with Crippen LogP contribution in [0.5, 0.6) is 5.75 Å². The maximum Gasteiger partial charge on any atom is 0.124 e. The smallest absolute Gasteiger partial charge is 0.124 e. The van der Waals surface area contributed by atoms with E-state index in [9.17, 15) is 5.11 Å². The van der Waals surface area contributed by atoms with Gasteiger partial charge in [-0.1, -0.05) is 6.07 Å². The minimum atomic E-state index is -0.419. The molecule has 82 valence electrons. The molecule has 1 aromatic rings. The molecule has 0 spiro atoms. The molecule has 15 heavy (non-hydrogen) atoms. The molecule has 0 fully saturated rings. The Labute approximate surface area is 90.1 Å². The van der Waals surface area contributed by atoms with Crippen LogP contribution >= 0.6 is 0 Å². The van der Waals surface area contributed by atoms with E-state index in [-0.39, 0.29) is 0 Å². The first-order valence-corrected chi connectivity index (χ1v) is 5.44. The molecule has 2 rings (SSSR count). The Bertz CT molecular complexity index is 336. The number of rotatable bonds is 3. The lowest BCUT2D eigenvalue weighted by Gasteiger charge is -2.21. The maximum atomic E-state index is 9.18. The van der Waals surface area contributed by atoms with Gasteiger partial charge in [0.25, 0.3) is 0 Å². The molecule has 3 heteroatoms. The molecule has 0 saturated carbocycles. The molecule has 1 aromatic carbocycles. The highest BCUT2D eigenvalue weighted by atomic mass is 16.5. The average Bonchev–Trinajstić information content (AvgIpc) is 2.26. The summed E-state index contributed by atoms with van der Waals surface area (Å²) in [6.07, 6.45) is 1.78. The van der Waals surface area contributed by atoms with Gasteiger partial charge in [0.1, 0.15) is 12.4 Å². The van der Waals surface area contributed by atoms with Crippen LogP contribution in [0.2, 0.25) is 0 Å². The molecule has 0 aliphatic carbocycles. The number of hydrogen-bond donors (Lipinski definition) is 2. The van der Waals surface area contributed by atoms with Gasteiger partial charge in [0.15, 0.2) is 0 Å². The van der Waals surface area contributed by atoms with E-state index in [1.165, 1.54) is 11.3 Å². The van der Waals surface area contributed by atoms with E-state index >= 15 is 0 Å². The largest absolute Gasteiger partial charge is 0.491 e. The van der Waals surface area contributed by atoms with Crippen LogP contribution in [0.3, 0.4) is 0 Å². The zero-order chi connectivity index (χ0) is 10.7. The second-order valence-corrected chi connectivity index (χ2v) is 3.97. The minimum Gasteiger partial charge on any atom is -0.491 e. The van der Waals surface area contributed by atoms with Crippen LogP contribution in [-0.2, 0) is 6.42 Å². The summed E-state index contributed by atoms with van der Waals surface area (Å²) in [6, 6.07) is 6.02. The highest BCUT2D eigenvalue weighted by molar-refractivity contribution is 5.59. The molecule has 0 bridgehead atoms. The van der Waals surface area contributed by atoms with E-state index in [0.717, 1.165) is 25.1 Å². The first-order chi connectivity index (χ1) is 7.27. The number of nitrogens with one attached hydrogen (secondary N) is 1. The Morgan fingerprint density at radius 1 is 1.53 bits per heavy atom. The SMILES string of the molecule is CC(O)COc1cccc2c1CCCN2. The molecule has 0 saturated heterocycles. The predicted molar refractivity (Wildman–Crippen MR) is 60.4 cm³/mol. The molecule has 1 unspecified atom stereocenters. The van der Waals surface area contributed by atoms with Gasteiger partial charge in [-0.25, -0.2) is 0 Å². The fourth-order valence-electron chi connectivity index (χ4n) is 1.82. The van der Waals surface area contributed by atoms with E-state index < -0.39 is 6.10 Å². The molecule has 2 N–H and O–H groups in total. The summed E-state index contributed by atoms with van der Waals surface area (Å²) in [5, 5.41) is 12.5. The van der Waals surface area contributed by atoms with Crippen LogP contribution in [0.15, 0.2) is 18.2 Å². The van der Waals surface area contributed by atoms with Gasteiger partial charge in [0.05, 0.1) is 6.10 Å².